The van der Waals surface area contributed by atoms with Gasteiger partial charge in [-0.05, 0) is 37.8 Å². The number of hydrogen-bond donors (Lipinski definition) is 2. The van der Waals surface area contributed by atoms with E-state index in [-0.39, 0.29) is 5.91 Å². The van der Waals surface area contributed by atoms with E-state index in [1.165, 1.54) is 11.0 Å². The Labute approximate surface area is 138 Å². The van der Waals surface area contributed by atoms with Crippen molar-refractivity contribution in [2.75, 3.05) is 5.32 Å². The molecular formula is C15H18N6O3. The lowest BCUT2D eigenvalue weighted by Crippen LogP contribution is -2.18. The second kappa shape index (κ2) is 6.65. The smallest absolute Gasteiger partial charge is 0.405 e. The van der Waals surface area contributed by atoms with E-state index in [1.807, 2.05) is 0 Å². The summed E-state index contributed by atoms with van der Waals surface area (Å²) in [5.74, 6) is 1.41. The maximum atomic E-state index is 11.8. The minimum atomic E-state index is -0.890. The first-order valence-corrected chi connectivity index (χ1v) is 7.65. The highest BCUT2D eigenvalue weighted by molar-refractivity contribution is 5.90. The Balaban J connectivity index is 1.70. The SMILES string of the molecule is CC(OC(N)=O)c1ncnn1-c1ccc(NC(=O)CC2CC2)cn1. The fourth-order valence-electron chi connectivity index (χ4n) is 2.31. The van der Waals surface area contributed by atoms with E-state index in [9.17, 15) is 9.59 Å². The second-order valence-corrected chi connectivity index (χ2v) is 5.71. The Hall–Kier alpha value is -2.97. The molecule has 9 heteroatoms. The molecule has 2 heterocycles. The standard InChI is InChI=1S/C15H18N6O3/c1-9(24-15(16)23)14-18-8-19-21(14)12-5-4-11(7-17-12)20-13(22)6-10-2-3-10/h4-5,7-10H,2-3,6H2,1H3,(H2,16,23)(H,20,22). The van der Waals surface area contributed by atoms with Crippen LogP contribution in [0.1, 0.15) is 38.1 Å². The van der Waals surface area contributed by atoms with Gasteiger partial charge in [0.15, 0.2) is 17.7 Å². The van der Waals surface area contributed by atoms with Gasteiger partial charge in [0.2, 0.25) is 5.91 Å². The predicted molar refractivity (Wildman–Crippen MR) is 84.2 cm³/mol. The zero-order valence-corrected chi connectivity index (χ0v) is 13.2. The number of nitrogens with one attached hydrogen (secondary N) is 1. The van der Waals surface area contributed by atoms with Crippen LogP contribution in [0.2, 0.25) is 0 Å². The van der Waals surface area contributed by atoms with Crippen LogP contribution in [0.3, 0.4) is 0 Å². The van der Waals surface area contributed by atoms with Gasteiger partial charge in [-0.15, -0.1) is 0 Å². The molecule has 1 unspecified atom stereocenters. The van der Waals surface area contributed by atoms with E-state index in [1.54, 1.807) is 25.3 Å². The first-order chi connectivity index (χ1) is 11.5. The quantitative estimate of drug-likeness (QED) is 0.828. The van der Waals surface area contributed by atoms with Crippen LogP contribution in [0.15, 0.2) is 24.7 Å². The molecule has 2 amide bonds. The summed E-state index contributed by atoms with van der Waals surface area (Å²) in [6.07, 6.45) is 4.14. The van der Waals surface area contributed by atoms with Crippen molar-refractivity contribution in [3.63, 3.8) is 0 Å². The van der Waals surface area contributed by atoms with Crippen molar-refractivity contribution in [3.05, 3.63) is 30.5 Å². The number of amides is 2. The van der Waals surface area contributed by atoms with E-state index < -0.39 is 12.2 Å². The Morgan fingerprint density at radius 2 is 2.21 bits per heavy atom. The molecule has 2 aromatic rings. The molecule has 0 bridgehead atoms. The van der Waals surface area contributed by atoms with E-state index >= 15 is 0 Å². The normalized spacial score (nSPS) is 14.9. The summed E-state index contributed by atoms with van der Waals surface area (Å²) in [5.41, 5.74) is 5.64. The number of rotatable bonds is 6. The molecule has 0 aromatic carbocycles. The third-order valence-corrected chi connectivity index (χ3v) is 3.65. The van der Waals surface area contributed by atoms with Crippen molar-refractivity contribution >= 4 is 17.7 Å². The molecule has 3 N–H and O–H groups in total. The molecule has 9 nitrogen and oxygen atoms in total. The maximum absolute atomic E-state index is 11.8. The lowest BCUT2D eigenvalue weighted by Gasteiger charge is -2.12. The number of aromatic nitrogens is 4. The summed E-state index contributed by atoms with van der Waals surface area (Å²) in [6, 6.07) is 3.43. The van der Waals surface area contributed by atoms with Crippen LogP contribution in [0, 0.1) is 5.92 Å². The highest BCUT2D eigenvalue weighted by Crippen LogP contribution is 2.32. The van der Waals surface area contributed by atoms with Crippen molar-refractivity contribution in [3.8, 4) is 5.82 Å². The van der Waals surface area contributed by atoms with Gasteiger partial charge in [-0.25, -0.2) is 14.8 Å². The maximum Gasteiger partial charge on any atom is 0.405 e. The molecule has 0 radical (unpaired) electrons. The number of ether oxygens (including phenoxy) is 1. The van der Waals surface area contributed by atoms with Crippen LogP contribution >= 0.6 is 0 Å². The van der Waals surface area contributed by atoms with Crippen LogP contribution in [0.25, 0.3) is 5.82 Å². The average Bonchev–Trinajstić information content (AvgIpc) is 3.19. The second-order valence-electron chi connectivity index (χ2n) is 5.71. The molecule has 0 aliphatic heterocycles. The molecule has 1 saturated carbocycles. The Bertz CT molecular complexity index is 738. The lowest BCUT2D eigenvalue weighted by atomic mass is 10.2. The van der Waals surface area contributed by atoms with Crippen LogP contribution in [0.5, 0.6) is 0 Å². The number of primary amides is 1. The predicted octanol–water partition coefficient (Wildman–Crippen LogP) is 1.56. The summed E-state index contributed by atoms with van der Waals surface area (Å²) in [6.45, 7) is 1.64. The zero-order chi connectivity index (χ0) is 17.1. The molecule has 3 rings (SSSR count). The number of nitrogens with two attached hydrogens (primary N) is 1. The van der Waals surface area contributed by atoms with E-state index in [4.69, 9.17) is 10.5 Å². The average molecular weight is 330 g/mol. The van der Waals surface area contributed by atoms with Gasteiger partial charge < -0.3 is 15.8 Å². The summed E-state index contributed by atoms with van der Waals surface area (Å²) in [7, 11) is 0. The number of carbonyl (C=O) groups excluding carboxylic acids is 2. The third-order valence-electron chi connectivity index (χ3n) is 3.65. The van der Waals surface area contributed by atoms with Crippen LogP contribution < -0.4 is 11.1 Å². The summed E-state index contributed by atoms with van der Waals surface area (Å²) < 4.78 is 6.35. The zero-order valence-electron chi connectivity index (χ0n) is 13.2. The lowest BCUT2D eigenvalue weighted by molar-refractivity contribution is -0.116. The molecule has 1 atom stereocenters. The molecule has 0 spiro atoms. The van der Waals surface area contributed by atoms with Crippen LogP contribution in [0.4, 0.5) is 10.5 Å². The van der Waals surface area contributed by atoms with Gasteiger partial charge in [0.05, 0.1) is 11.9 Å². The first kappa shape index (κ1) is 15.9. The minimum Gasteiger partial charge on any atom is -0.438 e. The number of carbonyl (C=O) groups is 2. The van der Waals surface area contributed by atoms with Gasteiger partial charge in [-0.2, -0.15) is 9.78 Å². The highest BCUT2D eigenvalue weighted by atomic mass is 16.6. The Kier molecular flexibility index (Phi) is 4.41. The molecule has 2 aromatic heterocycles. The fourth-order valence-corrected chi connectivity index (χ4v) is 2.31. The topological polar surface area (TPSA) is 125 Å². The molecule has 24 heavy (non-hydrogen) atoms. The van der Waals surface area contributed by atoms with Gasteiger partial charge >= 0.3 is 6.09 Å². The van der Waals surface area contributed by atoms with Crippen LogP contribution in [-0.4, -0.2) is 31.7 Å². The molecule has 1 aliphatic carbocycles. The van der Waals surface area contributed by atoms with Crippen molar-refractivity contribution < 1.29 is 14.3 Å². The van der Waals surface area contributed by atoms with Gasteiger partial charge in [0, 0.05) is 6.42 Å². The highest BCUT2D eigenvalue weighted by Gasteiger charge is 2.24. The summed E-state index contributed by atoms with van der Waals surface area (Å²) in [4.78, 5) is 31.0. The van der Waals surface area contributed by atoms with E-state index in [0.29, 0.717) is 29.7 Å². The van der Waals surface area contributed by atoms with Crippen molar-refractivity contribution in [2.45, 2.75) is 32.3 Å². The first-order valence-electron chi connectivity index (χ1n) is 7.65. The van der Waals surface area contributed by atoms with Crippen molar-refractivity contribution in [1.29, 1.82) is 0 Å². The van der Waals surface area contributed by atoms with Gasteiger partial charge in [0.1, 0.15) is 6.33 Å². The summed E-state index contributed by atoms with van der Waals surface area (Å²) in [5, 5.41) is 6.89. The largest absolute Gasteiger partial charge is 0.438 e. The number of pyridine rings is 1. The van der Waals surface area contributed by atoms with Gasteiger partial charge in [-0.3, -0.25) is 4.79 Å². The number of anilines is 1. The van der Waals surface area contributed by atoms with Crippen LogP contribution in [-0.2, 0) is 9.53 Å². The number of nitrogens with zero attached hydrogens (tertiary/aromatic N) is 4. The molecule has 1 fully saturated rings. The fraction of sp³-hybridized carbons (Fsp3) is 0.400. The Morgan fingerprint density at radius 1 is 1.42 bits per heavy atom. The molecule has 126 valence electrons. The monoisotopic (exact) mass is 330 g/mol. The molecule has 1 aliphatic rings. The van der Waals surface area contributed by atoms with Crippen molar-refractivity contribution in [1.82, 2.24) is 19.7 Å². The van der Waals surface area contributed by atoms with E-state index in [0.717, 1.165) is 12.8 Å². The van der Waals surface area contributed by atoms with Gasteiger partial charge in [-0.1, -0.05) is 0 Å². The Morgan fingerprint density at radius 3 is 2.83 bits per heavy atom. The molecular weight excluding hydrogens is 312 g/mol. The summed E-state index contributed by atoms with van der Waals surface area (Å²) >= 11 is 0. The van der Waals surface area contributed by atoms with Crippen molar-refractivity contribution in [2.24, 2.45) is 11.7 Å². The van der Waals surface area contributed by atoms with Gasteiger partial charge in [0.25, 0.3) is 0 Å². The third kappa shape index (κ3) is 3.86. The minimum absolute atomic E-state index is 0.00280. The molecule has 0 saturated heterocycles. The number of hydrogen-bond acceptors (Lipinski definition) is 6. The van der Waals surface area contributed by atoms with E-state index in [2.05, 4.69) is 20.4 Å².